The summed E-state index contributed by atoms with van der Waals surface area (Å²) in [5, 5.41) is 3.64. The van der Waals surface area contributed by atoms with Crippen molar-refractivity contribution in [2.75, 3.05) is 25.6 Å². The fourth-order valence-corrected chi connectivity index (χ4v) is 2.21. The van der Waals surface area contributed by atoms with Gasteiger partial charge in [0, 0.05) is 22.8 Å². The van der Waals surface area contributed by atoms with Crippen molar-refractivity contribution in [3.63, 3.8) is 0 Å². The third-order valence-electron chi connectivity index (χ3n) is 2.95. The highest BCUT2D eigenvalue weighted by atomic mass is 35.5. The molecular weight excluding hydrogens is 289 g/mol. The van der Waals surface area contributed by atoms with Gasteiger partial charge < -0.3 is 10.2 Å². The largest absolute Gasteiger partial charge is 0.326 e. The Bertz CT molecular complexity index is 525. The lowest BCUT2D eigenvalue weighted by atomic mass is 10.2. The minimum absolute atomic E-state index is 0.0790. The van der Waals surface area contributed by atoms with Crippen molar-refractivity contribution in [2.45, 2.75) is 6.92 Å². The zero-order valence-corrected chi connectivity index (χ0v) is 12.0. The molecule has 1 saturated heterocycles. The average Bonchev–Trinajstić information content (AvgIpc) is 2.66. The van der Waals surface area contributed by atoms with Crippen LogP contribution in [0.2, 0.25) is 10.0 Å². The van der Waals surface area contributed by atoms with Crippen LogP contribution in [0.4, 0.5) is 10.5 Å². The molecule has 5 nitrogen and oxygen atoms in total. The predicted octanol–water partition coefficient (Wildman–Crippen LogP) is 2.57. The second-order valence-electron chi connectivity index (χ2n) is 4.43. The number of hydrogen-bond donors (Lipinski definition) is 1. The number of nitrogens with zero attached hydrogens (tertiary/aromatic N) is 2. The van der Waals surface area contributed by atoms with E-state index >= 15 is 0 Å². The molecule has 0 bridgehead atoms. The maximum Gasteiger partial charge on any atom is 0.323 e. The number of benzene rings is 1. The van der Waals surface area contributed by atoms with E-state index in [-0.39, 0.29) is 25.2 Å². The first-order chi connectivity index (χ1) is 8.88. The maximum absolute atomic E-state index is 12.0. The normalized spacial score (nSPS) is 15.1. The maximum atomic E-state index is 12.0. The summed E-state index contributed by atoms with van der Waals surface area (Å²) >= 11 is 12.0. The standard InChI is InChI=1S/C12H13Cl2N3O2/c1-7-9(13)3-8(4-10(7)14)15-12(19)17-5-11(18)16(2)6-17/h3-4H,5-6H2,1-2H3,(H,15,19). The molecule has 1 N–H and O–H groups in total. The molecule has 1 fully saturated rings. The first-order valence-electron chi connectivity index (χ1n) is 5.64. The zero-order chi connectivity index (χ0) is 14.2. The van der Waals surface area contributed by atoms with Crippen molar-refractivity contribution in [3.8, 4) is 0 Å². The minimum atomic E-state index is -0.353. The van der Waals surface area contributed by atoms with Crippen LogP contribution in [0, 0.1) is 6.92 Å². The Balaban J connectivity index is 2.10. The van der Waals surface area contributed by atoms with Gasteiger partial charge in [-0.1, -0.05) is 23.2 Å². The van der Waals surface area contributed by atoms with Crippen molar-refractivity contribution in [3.05, 3.63) is 27.7 Å². The van der Waals surface area contributed by atoms with Gasteiger partial charge in [0.25, 0.3) is 0 Å². The van der Waals surface area contributed by atoms with Crippen LogP contribution in [0.15, 0.2) is 12.1 Å². The fraction of sp³-hybridized carbons (Fsp3) is 0.333. The van der Waals surface area contributed by atoms with Gasteiger partial charge in [-0.3, -0.25) is 9.69 Å². The van der Waals surface area contributed by atoms with E-state index in [4.69, 9.17) is 23.2 Å². The number of carbonyl (C=O) groups is 2. The quantitative estimate of drug-likeness (QED) is 0.867. The molecule has 102 valence electrons. The highest BCUT2D eigenvalue weighted by molar-refractivity contribution is 6.36. The molecule has 0 atom stereocenters. The van der Waals surface area contributed by atoms with Gasteiger partial charge in [-0.2, -0.15) is 0 Å². The minimum Gasteiger partial charge on any atom is -0.326 e. The number of amides is 3. The summed E-state index contributed by atoms with van der Waals surface area (Å²) in [6, 6.07) is 2.90. The molecule has 0 unspecified atom stereocenters. The van der Waals surface area contributed by atoms with E-state index in [0.29, 0.717) is 15.7 Å². The molecule has 3 amide bonds. The number of nitrogens with one attached hydrogen (secondary N) is 1. The van der Waals surface area contributed by atoms with Crippen molar-refractivity contribution in [2.24, 2.45) is 0 Å². The number of halogens is 2. The third-order valence-corrected chi connectivity index (χ3v) is 3.74. The van der Waals surface area contributed by atoms with E-state index < -0.39 is 0 Å². The summed E-state index contributed by atoms with van der Waals surface area (Å²) in [6.07, 6.45) is 0. The second-order valence-corrected chi connectivity index (χ2v) is 5.24. The summed E-state index contributed by atoms with van der Waals surface area (Å²) in [6.45, 7) is 2.15. The molecule has 0 saturated carbocycles. The van der Waals surface area contributed by atoms with Gasteiger partial charge in [0.1, 0.15) is 6.54 Å². The molecule has 7 heteroatoms. The molecule has 0 aromatic heterocycles. The Kier molecular flexibility index (Phi) is 3.87. The monoisotopic (exact) mass is 301 g/mol. The fourth-order valence-electron chi connectivity index (χ4n) is 1.72. The molecule has 2 rings (SSSR count). The lowest BCUT2D eigenvalue weighted by Crippen LogP contribution is -2.34. The smallest absolute Gasteiger partial charge is 0.323 e. The van der Waals surface area contributed by atoms with Crippen molar-refractivity contribution in [1.82, 2.24) is 9.80 Å². The third kappa shape index (κ3) is 2.93. The van der Waals surface area contributed by atoms with Crippen LogP contribution in [0.3, 0.4) is 0 Å². The van der Waals surface area contributed by atoms with Crippen molar-refractivity contribution in [1.29, 1.82) is 0 Å². The molecule has 1 heterocycles. The number of hydrogen-bond acceptors (Lipinski definition) is 2. The summed E-state index contributed by atoms with van der Waals surface area (Å²) in [7, 11) is 1.65. The van der Waals surface area contributed by atoms with Crippen LogP contribution in [-0.4, -0.2) is 42.0 Å². The Morgan fingerprint density at radius 2 is 1.89 bits per heavy atom. The molecule has 0 radical (unpaired) electrons. The Morgan fingerprint density at radius 3 is 2.37 bits per heavy atom. The van der Waals surface area contributed by atoms with Crippen LogP contribution in [0.5, 0.6) is 0 Å². The summed E-state index contributed by atoms with van der Waals surface area (Å²) in [5.41, 5.74) is 1.27. The van der Waals surface area contributed by atoms with E-state index in [1.165, 1.54) is 9.80 Å². The number of rotatable bonds is 1. The predicted molar refractivity (Wildman–Crippen MR) is 74.6 cm³/mol. The van der Waals surface area contributed by atoms with Crippen LogP contribution in [0.25, 0.3) is 0 Å². The lowest BCUT2D eigenvalue weighted by molar-refractivity contribution is -0.125. The highest BCUT2D eigenvalue weighted by Gasteiger charge is 2.28. The van der Waals surface area contributed by atoms with E-state index in [1.54, 1.807) is 26.1 Å². The van der Waals surface area contributed by atoms with E-state index in [1.807, 2.05) is 0 Å². The van der Waals surface area contributed by atoms with Gasteiger partial charge in [0.2, 0.25) is 5.91 Å². The van der Waals surface area contributed by atoms with Gasteiger partial charge in [-0.15, -0.1) is 0 Å². The molecule has 19 heavy (non-hydrogen) atoms. The van der Waals surface area contributed by atoms with Gasteiger partial charge in [0.15, 0.2) is 0 Å². The van der Waals surface area contributed by atoms with Gasteiger partial charge in [0.05, 0.1) is 6.67 Å². The summed E-state index contributed by atoms with van der Waals surface area (Å²) < 4.78 is 0. The van der Waals surface area contributed by atoms with Crippen LogP contribution < -0.4 is 5.32 Å². The first kappa shape index (κ1) is 14.0. The van der Waals surface area contributed by atoms with Gasteiger partial charge >= 0.3 is 6.03 Å². The molecule has 1 aliphatic rings. The molecule has 1 aromatic rings. The van der Waals surface area contributed by atoms with Crippen LogP contribution >= 0.6 is 23.2 Å². The number of likely N-dealkylation sites (N-methyl/N-ethyl adjacent to an activating group) is 1. The van der Waals surface area contributed by atoms with Crippen LogP contribution in [0.1, 0.15) is 5.56 Å². The van der Waals surface area contributed by atoms with Gasteiger partial charge in [-0.05, 0) is 24.6 Å². The number of carbonyl (C=O) groups excluding carboxylic acids is 2. The highest BCUT2D eigenvalue weighted by Crippen LogP contribution is 2.28. The summed E-state index contributed by atoms with van der Waals surface area (Å²) in [4.78, 5) is 26.2. The topological polar surface area (TPSA) is 52.7 Å². The SMILES string of the molecule is Cc1c(Cl)cc(NC(=O)N2CC(=O)N(C)C2)cc1Cl. The Labute approximate surface area is 121 Å². The van der Waals surface area contributed by atoms with Gasteiger partial charge in [-0.25, -0.2) is 4.79 Å². The molecule has 0 spiro atoms. The number of anilines is 1. The number of urea groups is 1. The first-order valence-corrected chi connectivity index (χ1v) is 6.39. The van der Waals surface area contributed by atoms with Crippen molar-refractivity contribution < 1.29 is 9.59 Å². The van der Waals surface area contributed by atoms with E-state index in [9.17, 15) is 9.59 Å². The Hall–Kier alpha value is -1.46. The molecule has 0 aliphatic carbocycles. The van der Waals surface area contributed by atoms with Crippen molar-refractivity contribution >= 4 is 40.8 Å². The summed E-state index contributed by atoms with van der Waals surface area (Å²) in [5.74, 6) is -0.0879. The molecule has 1 aliphatic heterocycles. The second kappa shape index (κ2) is 5.27. The molecular formula is C12H13Cl2N3O2. The zero-order valence-electron chi connectivity index (χ0n) is 10.5. The van der Waals surface area contributed by atoms with E-state index in [0.717, 1.165) is 5.56 Å². The average molecular weight is 302 g/mol. The van der Waals surface area contributed by atoms with Crippen LogP contribution in [-0.2, 0) is 4.79 Å². The Morgan fingerprint density at radius 1 is 1.32 bits per heavy atom. The lowest BCUT2D eigenvalue weighted by Gasteiger charge is -2.16. The molecule has 1 aromatic carbocycles. The van der Waals surface area contributed by atoms with E-state index in [2.05, 4.69) is 5.32 Å².